The van der Waals surface area contributed by atoms with Gasteiger partial charge in [-0.15, -0.1) is 0 Å². The molecule has 1 aliphatic heterocycles. The van der Waals surface area contributed by atoms with Crippen LogP contribution in [-0.4, -0.2) is 37.6 Å². The Morgan fingerprint density at radius 3 is 2.95 bits per heavy atom. The summed E-state index contributed by atoms with van der Waals surface area (Å²) in [5.41, 5.74) is 0.777. The molecule has 0 aromatic heterocycles. The van der Waals surface area contributed by atoms with Gasteiger partial charge in [-0.2, -0.15) is 0 Å². The molecule has 1 fully saturated rings. The molecule has 0 saturated carbocycles. The van der Waals surface area contributed by atoms with E-state index in [9.17, 15) is 5.11 Å². The van der Waals surface area contributed by atoms with Gasteiger partial charge < -0.3 is 19.3 Å². The first-order valence-corrected chi connectivity index (χ1v) is 7.40. The van der Waals surface area contributed by atoms with E-state index in [1.165, 1.54) is 6.42 Å². The highest BCUT2D eigenvalue weighted by Crippen LogP contribution is 2.25. The first kappa shape index (κ1) is 15.3. The zero-order valence-corrected chi connectivity index (χ0v) is 12.1. The number of rotatable bonds is 7. The molecule has 0 spiro atoms. The van der Waals surface area contributed by atoms with E-state index in [0.29, 0.717) is 13.2 Å². The van der Waals surface area contributed by atoms with E-state index in [4.69, 9.17) is 14.2 Å². The van der Waals surface area contributed by atoms with Crippen LogP contribution in [0.4, 0.5) is 0 Å². The average Bonchev–Trinajstić information content (AvgIpc) is 2.49. The summed E-state index contributed by atoms with van der Waals surface area (Å²) in [6, 6.07) is 7.53. The molecule has 0 amide bonds. The molecule has 20 heavy (non-hydrogen) atoms. The van der Waals surface area contributed by atoms with Gasteiger partial charge in [-0.3, -0.25) is 0 Å². The van der Waals surface area contributed by atoms with Crippen LogP contribution in [0.2, 0.25) is 0 Å². The Bertz CT molecular complexity index is 388. The zero-order valence-electron chi connectivity index (χ0n) is 12.1. The van der Waals surface area contributed by atoms with Crippen LogP contribution in [0.25, 0.3) is 0 Å². The summed E-state index contributed by atoms with van der Waals surface area (Å²) in [6.07, 6.45) is 2.90. The van der Waals surface area contributed by atoms with Crippen molar-refractivity contribution in [3.8, 4) is 5.75 Å². The minimum Gasteiger partial charge on any atom is -0.493 e. The van der Waals surface area contributed by atoms with Gasteiger partial charge in [0.25, 0.3) is 0 Å². The fourth-order valence-corrected chi connectivity index (χ4v) is 2.38. The molecule has 0 aliphatic carbocycles. The SMILES string of the molecule is CCOc1ccccc1C(O)COCC1CCCCO1. The standard InChI is InChI=1S/C16H24O4/c1-2-19-16-9-4-3-8-14(16)15(17)12-18-11-13-7-5-6-10-20-13/h3-4,8-9,13,15,17H,2,5-7,10-12H2,1H3. The van der Waals surface area contributed by atoms with Gasteiger partial charge >= 0.3 is 0 Å². The summed E-state index contributed by atoms with van der Waals surface area (Å²) in [7, 11) is 0. The molecule has 2 unspecified atom stereocenters. The molecule has 1 aromatic rings. The monoisotopic (exact) mass is 280 g/mol. The van der Waals surface area contributed by atoms with Gasteiger partial charge in [0.05, 0.1) is 25.9 Å². The van der Waals surface area contributed by atoms with Gasteiger partial charge in [0, 0.05) is 12.2 Å². The van der Waals surface area contributed by atoms with Crippen LogP contribution < -0.4 is 4.74 Å². The van der Waals surface area contributed by atoms with Crippen molar-refractivity contribution in [1.29, 1.82) is 0 Å². The molecule has 4 nitrogen and oxygen atoms in total. The quantitative estimate of drug-likeness (QED) is 0.834. The van der Waals surface area contributed by atoms with Crippen molar-refractivity contribution < 1.29 is 19.3 Å². The van der Waals surface area contributed by atoms with Crippen LogP contribution in [-0.2, 0) is 9.47 Å². The van der Waals surface area contributed by atoms with E-state index >= 15 is 0 Å². The Hall–Kier alpha value is -1.10. The Kier molecular flexibility index (Phi) is 6.30. The van der Waals surface area contributed by atoms with E-state index in [1.54, 1.807) is 0 Å². The summed E-state index contributed by atoms with van der Waals surface area (Å²) in [5.74, 6) is 0.722. The first-order valence-electron chi connectivity index (χ1n) is 7.40. The molecular weight excluding hydrogens is 256 g/mol. The number of ether oxygens (including phenoxy) is 3. The molecule has 112 valence electrons. The maximum atomic E-state index is 10.2. The lowest BCUT2D eigenvalue weighted by atomic mass is 10.1. The molecule has 1 aromatic carbocycles. The largest absolute Gasteiger partial charge is 0.493 e. The number of para-hydroxylation sites is 1. The topological polar surface area (TPSA) is 47.9 Å². The number of hydrogen-bond acceptors (Lipinski definition) is 4. The van der Waals surface area contributed by atoms with Crippen molar-refractivity contribution in [2.24, 2.45) is 0 Å². The third-order valence-corrected chi connectivity index (χ3v) is 3.43. The van der Waals surface area contributed by atoms with Crippen LogP contribution in [0.15, 0.2) is 24.3 Å². The fourth-order valence-electron chi connectivity index (χ4n) is 2.38. The summed E-state index contributed by atoms with van der Waals surface area (Å²) < 4.78 is 16.7. The highest BCUT2D eigenvalue weighted by atomic mass is 16.5. The van der Waals surface area contributed by atoms with Crippen LogP contribution in [0, 0.1) is 0 Å². The first-order chi connectivity index (χ1) is 9.81. The second-order valence-electron chi connectivity index (χ2n) is 5.01. The summed E-state index contributed by atoms with van der Waals surface area (Å²) in [4.78, 5) is 0. The van der Waals surface area contributed by atoms with Crippen LogP contribution >= 0.6 is 0 Å². The Morgan fingerprint density at radius 2 is 2.20 bits per heavy atom. The van der Waals surface area contributed by atoms with Gasteiger partial charge in [0.15, 0.2) is 0 Å². The maximum Gasteiger partial charge on any atom is 0.125 e. The smallest absolute Gasteiger partial charge is 0.125 e. The molecule has 2 atom stereocenters. The lowest BCUT2D eigenvalue weighted by Gasteiger charge is -2.23. The van der Waals surface area contributed by atoms with Crippen molar-refractivity contribution in [3.05, 3.63) is 29.8 Å². The van der Waals surface area contributed by atoms with Crippen molar-refractivity contribution in [3.63, 3.8) is 0 Å². The van der Waals surface area contributed by atoms with Crippen LogP contribution in [0.5, 0.6) is 5.75 Å². The Morgan fingerprint density at radius 1 is 1.35 bits per heavy atom. The predicted octanol–water partition coefficient (Wildman–Crippen LogP) is 2.70. The summed E-state index contributed by atoms with van der Waals surface area (Å²) in [5, 5.41) is 10.2. The molecule has 0 bridgehead atoms. The lowest BCUT2D eigenvalue weighted by molar-refractivity contribution is -0.0576. The van der Waals surface area contributed by atoms with E-state index in [-0.39, 0.29) is 12.7 Å². The molecule has 2 rings (SSSR count). The minimum atomic E-state index is -0.665. The molecule has 1 heterocycles. The Labute approximate surface area is 120 Å². The second kappa shape index (κ2) is 8.25. The van der Waals surface area contributed by atoms with Crippen molar-refractivity contribution in [1.82, 2.24) is 0 Å². The van der Waals surface area contributed by atoms with Crippen molar-refractivity contribution in [2.75, 3.05) is 26.4 Å². The lowest BCUT2D eigenvalue weighted by Crippen LogP contribution is -2.25. The summed E-state index contributed by atoms with van der Waals surface area (Å²) in [6.45, 7) is 4.15. The number of hydrogen-bond donors (Lipinski definition) is 1. The summed E-state index contributed by atoms with van der Waals surface area (Å²) >= 11 is 0. The minimum absolute atomic E-state index is 0.179. The third kappa shape index (κ3) is 4.47. The Balaban J connectivity index is 1.80. The van der Waals surface area contributed by atoms with Gasteiger partial charge in [-0.1, -0.05) is 18.2 Å². The third-order valence-electron chi connectivity index (χ3n) is 3.43. The molecule has 0 radical (unpaired) electrons. The van der Waals surface area contributed by atoms with Gasteiger partial charge in [0.2, 0.25) is 0 Å². The second-order valence-corrected chi connectivity index (χ2v) is 5.01. The van der Waals surface area contributed by atoms with Gasteiger partial charge in [0.1, 0.15) is 11.9 Å². The molecule has 1 N–H and O–H groups in total. The van der Waals surface area contributed by atoms with Crippen LogP contribution in [0.1, 0.15) is 37.9 Å². The molecule has 4 heteroatoms. The highest BCUT2D eigenvalue weighted by Gasteiger charge is 2.17. The van der Waals surface area contributed by atoms with E-state index in [1.807, 2.05) is 31.2 Å². The molecule has 1 saturated heterocycles. The van der Waals surface area contributed by atoms with E-state index in [0.717, 1.165) is 30.8 Å². The van der Waals surface area contributed by atoms with E-state index in [2.05, 4.69) is 0 Å². The zero-order chi connectivity index (χ0) is 14.2. The van der Waals surface area contributed by atoms with Crippen LogP contribution in [0.3, 0.4) is 0 Å². The van der Waals surface area contributed by atoms with Gasteiger partial charge in [-0.05, 0) is 32.3 Å². The molecular formula is C16H24O4. The van der Waals surface area contributed by atoms with E-state index < -0.39 is 6.10 Å². The highest BCUT2D eigenvalue weighted by molar-refractivity contribution is 5.35. The average molecular weight is 280 g/mol. The van der Waals surface area contributed by atoms with Crippen molar-refractivity contribution >= 4 is 0 Å². The number of benzene rings is 1. The number of aliphatic hydroxyl groups is 1. The van der Waals surface area contributed by atoms with Crippen molar-refractivity contribution in [2.45, 2.75) is 38.4 Å². The maximum absolute atomic E-state index is 10.2. The van der Waals surface area contributed by atoms with Gasteiger partial charge in [-0.25, -0.2) is 0 Å². The predicted molar refractivity (Wildman–Crippen MR) is 77.0 cm³/mol. The number of aliphatic hydroxyl groups excluding tert-OH is 1. The fraction of sp³-hybridized carbons (Fsp3) is 0.625. The molecule has 1 aliphatic rings. The normalized spacial score (nSPS) is 20.6.